The fraction of sp³-hybridized carbons (Fsp3) is 0.357. The largest absolute Gasteiger partial charge is 0.313 e. The third-order valence-corrected chi connectivity index (χ3v) is 3.76. The molecule has 0 amide bonds. The Bertz CT molecular complexity index is 547. The number of benzene rings is 1. The molecule has 1 aromatic carbocycles. The van der Waals surface area contributed by atoms with E-state index < -0.39 is 0 Å². The predicted octanol–water partition coefficient (Wildman–Crippen LogP) is 3.91. The Morgan fingerprint density at radius 2 is 2.16 bits per heavy atom. The average molecular weight is 298 g/mol. The van der Waals surface area contributed by atoms with Gasteiger partial charge in [-0.05, 0) is 37.2 Å². The van der Waals surface area contributed by atoms with E-state index >= 15 is 0 Å². The van der Waals surface area contributed by atoms with Crippen molar-refractivity contribution >= 4 is 23.2 Å². The van der Waals surface area contributed by atoms with Crippen LogP contribution in [-0.4, -0.2) is 16.8 Å². The van der Waals surface area contributed by atoms with Crippen molar-refractivity contribution in [3.8, 4) is 0 Å². The van der Waals surface area contributed by atoms with Crippen LogP contribution in [0, 0.1) is 0 Å². The van der Waals surface area contributed by atoms with Gasteiger partial charge in [0.15, 0.2) is 0 Å². The Morgan fingerprint density at radius 3 is 2.84 bits per heavy atom. The molecule has 1 aromatic heterocycles. The molecule has 1 N–H and O–H groups in total. The van der Waals surface area contributed by atoms with Crippen molar-refractivity contribution in [1.29, 1.82) is 0 Å². The monoisotopic (exact) mass is 297 g/mol. The van der Waals surface area contributed by atoms with Crippen LogP contribution in [0.4, 0.5) is 0 Å². The lowest BCUT2D eigenvalue weighted by molar-refractivity contribution is 0.575. The molecule has 0 aliphatic carbocycles. The summed E-state index contributed by atoms with van der Waals surface area (Å²) in [5, 5.41) is 9.04. The Morgan fingerprint density at radius 1 is 1.37 bits per heavy atom. The fourth-order valence-corrected chi connectivity index (χ4v) is 2.46. The number of nitrogens with zero attached hydrogens (tertiary/aromatic N) is 2. The van der Waals surface area contributed by atoms with E-state index in [1.54, 1.807) is 6.07 Å². The third-order valence-electron chi connectivity index (χ3n) is 3.15. The zero-order valence-corrected chi connectivity index (χ0v) is 12.5. The van der Waals surface area contributed by atoms with Gasteiger partial charge in [-0.1, -0.05) is 30.1 Å². The topological polar surface area (TPSA) is 29.9 Å². The molecule has 0 saturated heterocycles. The van der Waals surface area contributed by atoms with Crippen LogP contribution < -0.4 is 5.32 Å². The highest BCUT2D eigenvalue weighted by Crippen LogP contribution is 2.22. The van der Waals surface area contributed by atoms with Crippen LogP contribution in [0.3, 0.4) is 0 Å². The molecule has 0 bridgehead atoms. The van der Waals surface area contributed by atoms with Gasteiger partial charge in [-0.25, -0.2) is 0 Å². The SMILES string of the molecule is CCC(NC)c1cnn(Cc2cc(Cl)ccc2Cl)c1. The molecule has 0 fully saturated rings. The van der Waals surface area contributed by atoms with Gasteiger partial charge in [0.25, 0.3) is 0 Å². The van der Waals surface area contributed by atoms with E-state index in [-0.39, 0.29) is 0 Å². The lowest BCUT2D eigenvalue weighted by atomic mass is 10.1. The van der Waals surface area contributed by atoms with Crippen LogP contribution in [0.25, 0.3) is 0 Å². The summed E-state index contributed by atoms with van der Waals surface area (Å²) in [7, 11) is 1.96. The van der Waals surface area contributed by atoms with Crippen molar-refractivity contribution in [3.63, 3.8) is 0 Å². The minimum atomic E-state index is 0.337. The summed E-state index contributed by atoms with van der Waals surface area (Å²) in [6, 6.07) is 5.81. The molecule has 0 spiro atoms. The van der Waals surface area contributed by atoms with Gasteiger partial charge in [-0.2, -0.15) is 5.10 Å². The number of nitrogens with one attached hydrogen (secondary N) is 1. The molecule has 2 aromatic rings. The first-order valence-corrected chi connectivity index (χ1v) is 7.03. The van der Waals surface area contributed by atoms with Gasteiger partial charge in [0.05, 0.1) is 12.7 Å². The molecule has 3 nitrogen and oxygen atoms in total. The molecule has 0 aliphatic heterocycles. The van der Waals surface area contributed by atoms with Gasteiger partial charge in [-0.15, -0.1) is 0 Å². The van der Waals surface area contributed by atoms with E-state index in [0.29, 0.717) is 22.6 Å². The Kier molecular flexibility index (Phi) is 4.86. The Labute approximate surface area is 123 Å². The number of rotatable bonds is 5. The molecule has 102 valence electrons. The summed E-state index contributed by atoms with van der Waals surface area (Å²) in [5.41, 5.74) is 2.16. The lowest BCUT2D eigenvalue weighted by Gasteiger charge is -2.10. The minimum absolute atomic E-state index is 0.337. The minimum Gasteiger partial charge on any atom is -0.313 e. The lowest BCUT2D eigenvalue weighted by Crippen LogP contribution is -2.14. The molecule has 5 heteroatoms. The standard InChI is InChI=1S/C14H17Cl2N3/c1-3-14(17-2)11-7-18-19(9-11)8-10-6-12(15)4-5-13(10)16/h4-7,9,14,17H,3,8H2,1-2H3. The van der Waals surface area contributed by atoms with Crippen LogP contribution >= 0.6 is 23.2 Å². The van der Waals surface area contributed by atoms with Crippen LogP contribution in [-0.2, 0) is 6.54 Å². The van der Waals surface area contributed by atoms with Crippen molar-refractivity contribution < 1.29 is 0 Å². The van der Waals surface area contributed by atoms with E-state index in [4.69, 9.17) is 23.2 Å². The van der Waals surface area contributed by atoms with Crippen molar-refractivity contribution in [2.45, 2.75) is 25.9 Å². The van der Waals surface area contributed by atoms with Crippen LogP contribution in [0.2, 0.25) is 10.0 Å². The second-order valence-electron chi connectivity index (χ2n) is 4.46. The van der Waals surface area contributed by atoms with E-state index in [2.05, 4.69) is 17.3 Å². The van der Waals surface area contributed by atoms with Crippen molar-refractivity contribution in [3.05, 3.63) is 51.8 Å². The highest BCUT2D eigenvalue weighted by atomic mass is 35.5. The number of hydrogen-bond acceptors (Lipinski definition) is 2. The van der Waals surface area contributed by atoms with Crippen molar-refractivity contribution in [1.82, 2.24) is 15.1 Å². The zero-order valence-electron chi connectivity index (χ0n) is 11.0. The maximum Gasteiger partial charge on any atom is 0.0674 e. The van der Waals surface area contributed by atoms with Gasteiger partial charge < -0.3 is 5.32 Å². The summed E-state index contributed by atoms with van der Waals surface area (Å²) >= 11 is 12.1. The summed E-state index contributed by atoms with van der Waals surface area (Å²) in [5.74, 6) is 0. The second kappa shape index (κ2) is 6.42. The van der Waals surface area contributed by atoms with Gasteiger partial charge >= 0.3 is 0 Å². The maximum atomic E-state index is 6.16. The van der Waals surface area contributed by atoms with Gasteiger partial charge in [-0.3, -0.25) is 4.68 Å². The first-order valence-electron chi connectivity index (χ1n) is 6.27. The van der Waals surface area contributed by atoms with Crippen LogP contribution in [0.1, 0.15) is 30.5 Å². The number of hydrogen-bond donors (Lipinski definition) is 1. The van der Waals surface area contributed by atoms with Crippen molar-refractivity contribution in [2.75, 3.05) is 7.05 Å². The highest BCUT2D eigenvalue weighted by molar-refractivity contribution is 6.33. The van der Waals surface area contributed by atoms with E-state index in [1.807, 2.05) is 36.3 Å². The molecule has 1 atom stereocenters. The molecule has 1 unspecified atom stereocenters. The van der Waals surface area contributed by atoms with Gasteiger partial charge in [0, 0.05) is 27.8 Å². The maximum absolute atomic E-state index is 6.16. The second-order valence-corrected chi connectivity index (χ2v) is 5.30. The summed E-state index contributed by atoms with van der Waals surface area (Å²) in [6.07, 6.45) is 4.96. The van der Waals surface area contributed by atoms with E-state index in [9.17, 15) is 0 Å². The molecule has 0 saturated carbocycles. The number of aromatic nitrogens is 2. The normalized spacial score (nSPS) is 12.6. The summed E-state index contributed by atoms with van der Waals surface area (Å²) < 4.78 is 1.88. The van der Waals surface area contributed by atoms with Gasteiger partial charge in [0.2, 0.25) is 0 Å². The molecule has 1 heterocycles. The number of halogens is 2. The molecule has 0 aliphatic rings. The zero-order chi connectivity index (χ0) is 13.8. The molecule has 2 rings (SSSR count). The molecular weight excluding hydrogens is 281 g/mol. The molecule has 19 heavy (non-hydrogen) atoms. The molecular formula is C14H17Cl2N3. The smallest absolute Gasteiger partial charge is 0.0674 e. The first kappa shape index (κ1) is 14.4. The summed E-state index contributed by atoms with van der Waals surface area (Å²) in [4.78, 5) is 0. The first-order chi connectivity index (χ1) is 9.13. The Balaban J connectivity index is 2.18. The van der Waals surface area contributed by atoms with E-state index in [1.165, 1.54) is 5.56 Å². The molecule has 0 radical (unpaired) electrons. The highest BCUT2D eigenvalue weighted by Gasteiger charge is 2.10. The average Bonchev–Trinajstić information content (AvgIpc) is 2.84. The quantitative estimate of drug-likeness (QED) is 0.907. The third kappa shape index (κ3) is 3.50. The Hall–Kier alpha value is -1.03. The fourth-order valence-electron chi connectivity index (χ4n) is 2.09. The predicted molar refractivity (Wildman–Crippen MR) is 79.9 cm³/mol. The van der Waals surface area contributed by atoms with E-state index in [0.717, 1.165) is 12.0 Å². The van der Waals surface area contributed by atoms with Gasteiger partial charge in [0.1, 0.15) is 0 Å². The summed E-state index contributed by atoms with van der Waals surface area (Å²) in [6.45, 7) is 2.77. The van der Waals surface area contributed by atoms with Crippen LogP contribution in [0.15, 0.2) is 30.6 Å². The van der Waals surface area contributed by atoms with Crippen LogP contribution in [0.5, 0.6) is 0 Å². The van der Waals surface area contributed by atoms with Crippen molar-refractivity contribution in [2.24, 2.45) is 0 Å².